The Morgan fingerprint density at radius 2 is 1.94 bits per heavy atom. The monoisotopic (exact) mass is 428 g/mol. The Labute approximate surface area is 181 Å². The first-order chi connectivity index (χ1) is 14.8. The third-order valence-corrected chi connectivity index (χ3v) is 6.12. The van der Waals surface area contributed by atoms with Crippen molar-refractivity contribution >= 4 is 23.6 Å². The van der Waals surface area contributed by atoms with Gasteiger partial charge in [-0.1, -0.05) is 11.6 Å². The number of fused-ring (bicyclic) bond motifs is 1. The number of carbonyl (C=O) groups excluding carboxylic acids is 4. The van der Waals surface area contributed by atoms with Gasteiger partial charge in [-0.2, -0.15) is 0 Å². The molecule has 0 aromatic heterocycles. The van der Waals surface area contributed by atoms with Crippen LogP contribution >= 0.6 is 0 Å². The summed E-state index contributed by atoms with van der Waals surface area (Å²) < 4.78 is 6.15. The highest BCUT2D eigenvalue weighted by atomic mass is 16.5. The summed E-state index contributed by atoms with van der Waals surface area (Å²) in [5, 5.41) is 5.73. The number of aryl methyl sites for hydroxylation is 1. The number of carbonyl (C=O) groups is 4. The van der Waals surface area contributed by atoms with Crippen molar-refractivity contribution in [2.75, 3.05) is 32.7 Å². The fourth-order valence-electron chi connectivity index (χ4n) is 4.35. The molecule has 0 saturated carbocycles. The largest absolute Gasteiger partial charge is 0.467 e. The first kappa shape index (κ1) is 21.1. The highest BCUT2D eigenvalue weighted by molar-refractivity contribution is 5.98. The summed E-state index contributed by atoms with van der Waals surface area (Å²) in [5.74, 6) is 0.0256. The Balaban J connectivity index is 1.32. The zero-order chi connectivity index (χ0) is 22.0. The van der Waals surface area contributed by atoms with Crippen molar-refractivity contribution in [3.05, 3.63) is 29.3 Å². The molecule has 3 aliphatic heterocycles. The van der Waals surface area contributed by atoms with Gasteiger partial charge >= 0.3 is 0 Å². The van der Waals surface area contributed by atoms with Crippen molar-refractivity contribution in [2.45, 2.75) is 44.8 Å². The summed E-state index contributed by atoms with van der Waals surface area (Å²) in [7, 11) is 0. The van der Waals surface area contributed by atoms with E-state index in [9.17, 15) is 19.2 Å². The van der Waals surface area contributed by atoms with E-state index in [-0.39, 0.29) is 36.6 Å². The summed E-state index contributed by atoms with van der Waals surface area (Å²) in [6, 6.07) is 5.46. The minimum atomic E-state index is -0.948. The van der Waals surface area contributed by atoms with Gasteiger partial charge in [0.15, 0.2) is 5.72 Å². The highest BCUT2D eigenvalue weighted by Gasteiger charge is 2.42. The van der Waals surface area contributed by atoms with Crippen LogP contribution in [0.2, 0.25) is 0 Å². The Bertz CT molecular complexity index is 917. The molecule has 0 radical (unpaired) electrons. The summed E-state index contributed by atoms with van der Waals surface area (Å²) in [5.41, 5.74) is 0.515. The van der Waals surface area contributed by atoms with Crippen molar-refractivity contribution in [1.82, 2.24) is 20.4 Å². The smallest absolute Gasteiger partial charge is 0.258 e. The second kappa shape index (κ2) is 8.56. The lowest BCUT2D eigenvalue weighted by atomic mass is 9.99. The number of amides is 4. The predicted molar refractivity (Wildman–Crippen MR) is 111 cm³/mol. The standard InChI is InChI=1S/C22H28N4O5/c1-15-4-5-17-16(13-15)21(30)24-22(31-17)7-6-20(29)26(11-8-22)14-18(27)23-9-12-25-10-2-3-19(25)28/h4-5,13H,2-3,6-12,14H2,1H3,(H,23,27)(H,24,30)/t22-/m1/s1. The molecule has 2 N–H and O–H groups in total. The molecule has 2 fully saturated rings. The number of rotatable bonds is 5. The molecule has 9 heteroatoms. The van der Waals surface area contributed by atoms with Crippen LogP contribution in [0.25, 0.3) is 0 Å². The van der Waals surface area contributed by atoms with Gasteiger partial charge in [-0.05, 0) is 25.5 Å². The number of nitrogens with zero attached hydrogens (tertiary/aromatic N) is 2. The van der Waals surface area contributed by atoms with Gasteiger partial charge in [0.25, 0.3) is 5.91 Å². The van der Waals surface area contributed by atoms with E-state index in [2.05, 4.69) is 10.6 Å². The van der Waals surface area contributed by atoms with E-state index < -0.39 is 5.72 Å². The van der Waals surface area contributed by atoms with E-state index in [0.717, 1.165) is 18.5 Å². The Morgan fingerprint density at radius 3 is 2.71 bits per heavy atom. The summed E-state index contributed by atoms with van der Waals surface area (Å²) >= 11 is 0. The van der Waals surface area contributed by atoms with Crippen LogP contribution in [0, 0.1) is 6.92 Å². The highest BCUT2D eigenvalue weighted by Crippen LogP contribution is 2.34. The number of nitrogens with one attached hydrogen (secondary N) is 2. The van der Waals surface area contributed by atoms with Crippen LogP contribution in [0.3, 0.4) is 0 Å². The molecule has 0 bridgehead atoms. The third-order valence-electron chi connectivity index (χ3n) is 6.12. The summed E-state index contributed by atoms with van der Waals surface area (Å²) in [6.07, 6.45) is 2.35. The second-order valence-electron chi connectivity index (χ2n) is 8.45. The van der Waals surface area contributed by atoms with Crippen molar-refractivity contribution in [1.29, 1.82) is 0 Å². The molecule has 3 aliphatic rings. The molecule has 1 aromatic carbocycles. The van der Waals surface area contributed by atoms with E-state index in [0.29, 0.717) is 50.2 Å². The molecule has 166 valence electrons. The lowest BCUT2D eigenvalue weighted by Crippen LogP contribution is -2.56. The molecule has 31 heavy (non-hydrogen) atoms. The van der Waals surface area contributed by atoms with E-state index in [1.54, 1.807) is 17.0 Å². The topological polar surface area (TPSA) is 108 Å². The van der Waals surface area contributed by atoms with Gasteiger partial charge in [0.2, 0.25) is 17.7 Å². The first-order valence-corrected chi connectivity index (χ1v) is 10.8. The van der Waals surface area contributed by atoms with Gasteiger partial charge < -0.3 is 25.2 Å². The van der Waals surface area contributed by atoms with E-state index in [1.165, 1.54) is 4.90 Å². The molecular formula is C22H28N4O5. The van der Waals surface area contributed by atoms with Crippen molar-refractivity contribution in [3.8, 4) is 5.75 Å². The molecule has 4 rings (SSSR count). The Morgan fingerprint density at radius 1 is 1.13 bits per heavy atom. The molecule has 1 atom stereocenters. The number of hydrogen-bond acceptors (Lipinski definition) is 5. The van der Waals surface area contributed by atoms with Crippen LogP contribution in [0.15, 0.2) is 18.2 Å². The average molecular weight is 428 g/mol. The molecule has 0 aliphatic carbocycles. The number of likely N-dealkylation sites (tertiary alicyclic amines) is 2. The van der Waals surface area contributed by atoms with Crippen LogP contribution in [0.5, 0.6) is 5.75 Å². The first-order valence-electron chi connectivity index (χ1n) is 10.8. The lowest BCUT2D eigenvalue weighted by molar-refractivity contribution is -0.135. The average Bonchev–Trinajstić information content (AvgIpc) is 3.08. The van der Waals surface area contributed by atoms with Gasteiger partial charge in [-0.15, -0.1) is 0 Å². The van der Waals surface area contributed by atoms with Crippen molar-refractivity contribution in [2.24, 2.45) is 0 Å². The lowest BCUT2D eigenvalue weighted by Gasteiger charge is -2.38. The van der Waals surface area contributed by atoms with Gasteiger partial charge in [0.1, 0.15) is 5.75 Å². The zero-order valence-corrected chi connectivity index (χ0v) is 17.7. The second-order valence-corrected chi connectivity index (χ2v) is 8.45. The van der Waals surface area contributed by atoms with Gasteiger partial charge in [0, 0.05) is 51.9 Å². The van der Waals surface area contributed by atoms with Gasteiger partial charge in [0.05, 0.1) is 12.1 Å². The van der Waals surface area contributed by atoms with Crippen LogP contribution in [0.4, 0.5) is 0 Å². The van der Waals surface area contributed by atoms with E-state index >= 15 is 0 Å². The number of ether oxygens (including phenoxy) is 1. The van der Waals surface area contributed by atoms with Crippen molar-refractivity contribution in [3.63, 3.8) is 0 Å². The minimum absolute atomic E-state index is 0.0490. The normalized spacial score (nSPS) is 23.3. The molecule has 0 unspecified atom stereocenters. The van der Waals surface area contributed by atoms with Crippen molar-refractivity contribution < 1.29 is 23.9 Å². The van der Waals surface area contributed by atoms with Crippen LogP contribution in [0.1, 0.15) is 48.0 Å². The summed E-state index contributed by atoms with van der Waals surface area (Å²) in [6.45, 7) is 3.75. The van der Waals surface area contributed by atoms with Crippen LogP contribution in [-0.4, -0.2) is 71.9 Å². The minimum Gasteiger partial charge on any atom is -0.467 e. The maximum atomic E-state index is 12.6. The maximum Gasteiger partial charge on any atom is 0.258 e. The molecular weight excluding hydrogens is 400 g/mol. The van der Waals surface area contributed by atoms with E-state index in [4.69, 9.17) is 4.74 Å². The fraction of sp³-hybridized carbons (Fsp3) is 0.545. The molecule has 4 amide bonds. The fourth-order valence-corrected chi connectivity index (χ4v) is 4.35. The molecule has 2 saturated heterocycles. The predicted octanol–water partition coefficient (Wildman–Crippen LogP) is 0.565. The zero-order valence-electron chi connectivity index (χ0n) is 17.7. The number of benzene rings is 1. The maximum absolute atomic E-state index is 12.6. The SMILES string of the molecule is Cc1ccc2c(c1)C(=O)N[C@]1(CCC(=O)N(CC(=O)NCCN3CCCC3=O)CC1)O2. The van der Waals surface area contributed by atoms with Crippen LogP contribution < -0.4 is 15.4 Å². The molecule has 1 spiro atoms. The van der Waals surface area contributed by atoms with Gasteiger partial charge in [-0.25, -0.2) is 0 Å². The number of hydrogen-bond donors (Lipinski definition) is 2. The Kier molecular flexibility index (Phi) is 5.84. The molecule has 1 aromatic rings. The molecule has 3 heterocycles. The van der Waals surface area contributed by atoms with Crippen LogP contribution in [-0.2, 0) is 14.4 Å². The quantitative estimate of drug-likeness (QED) is 0.713. The van der Waals surface area contributed by atoms with E-state index in [1.807, 2.05) is 13.0 Å². The Hall–Kier alpha value is -3.10. The molecule has 9 nitrogen and oxygen atoms in total. The summed E-state index contributed by atoms with van der Waals surface area (Å²) in [4.78, 5) is 52.4. The third kappa shape index (κ3) is 4.65. The van der Waals surface area contributed by atoms with Gasteiger partial charge in [-0.3, -0.25) is 19.2 Å².